The lowest BCUT2D eigenvalue weighted by Crippen LogP contribution is -2.32. The molecule has 3 nitrogen and oxygen atoms in total. The Morgan fingerprint density at radius 1 is 1.29 bits per heavy atom. The molecule has 2 atom stereocenters. The molecule has 1 aromatic rings. The second kappa shape index (κ2) is 6.80. The van der Waals surface area contributed by atoms with Crippen molar-refractivity contribution in [3.05, 3.63) is 18.2 Å². The second-order valence-electron chi connectivity index (χ2n) is 5.11. The van der Waals surface area contributed by atoms with Crippen molar-refractivity contribution in [1.29, 1.82) is 0 Å². The van der Waals surface area contributed by atoms with Crippen LogP contribution in [0.15, 0.2) is 12.4 Å². The van der Waals surface area contributed by atoms with Gasteiger partial charge in [0.15, 0.2) is 0 Å². The zero-order valence-corrected chi connectivity index (χ0v) is 11.9. The molecule has 98 valence electrons. The topological polar surface area (TPSA) is 29.9 Å². The summed E-state index contributed by atoms with van der Waals surface area (Å²) in [6, 6.07) is 0.366. The highest BCUT2D eigenvalue weighted by Crippen LogP contribution is 2.26. The van der Waals surface area contributed by atoms with Crippen LogP contribution in [0, 0.1) is 11.8 Å². The van der Waals surface area contributed by atoms with E-state index in [1.165, 1.54) is 5.82 Å². The van der Waals surface area contributed by atoms with Crippen molar-refractivity contribution in [3.63, 3.8) is 0 Å². The van der Waals surface area contributed by atoms with E-state index in [1.54, 1.807) is 0 Å². The van der Waals surface area contributed by atoms with Gasteiger partial charge < -0.3 is 9.88 Å². The molecule has 1 heterocycles. The predicted molar refractivity (Wildman–Crippen MR) is 72.9 cm³/mol. The smallest absolute Gasteiger partial charge is 0.126 e. The summed E-state index contributed by atoms with van der Waals surface area (Å²) >= 11 is 0. The minimum atomic E-state index is 0.366. The summed E-state index contributed by atoms with van der Waals surface area (Å²) < 4.78 is 2.24. The van der Waals surface area contributed by atoms with Gasteiger partial charge in [-0.1, -0.05) is 27.7 Å². The molecule has 0 aliphatic rings. The van der Waals surface area contributed by atoms with Crippen molar-refractivity contribution in [2.75, 3.05) is 6.54 Å². The molecule has 1 rings (SSSR count). The van der Waals surface area contributed by atoms with Crippen molar-refractivity contribution in [1.82, 2.24) is 14.9 Å². The molecule has 3 heteroatoms. The molecular formula is C14H27N3. The monoisotopic (exact) mass is 237 g/mol. The first-order valence-corrected chi connectivity index (χ1v) is 6.86. The maximum absolute atomic E-state index is 4.54. The third-order valence-electron chi connectivity index (χ3n) is 3.56. The van der Waals surface area contributed by atoms with E-state index in [1.807, 2.05) is 6.20 Å². The van der Waals surface area contributed by atoms with Gasteiger partial charge in [-0.15, -0.1) is 0 Å². The van der Waals surface area contributed by atoms with Crippen molar-refractivity contribution in [3.8, 4) is 0 Å². The van der Waals surface area contributed by atoms with Gasteiger partial charge in [-0.3, -0.25) is 0 Å². The summed E-state index contributed by atoms with van der Waals surface area (Å²) in [5.41, 5.74) is 0. The Morgan fingerprint density at radius 3 is 2.53 bits per heavy atom. The van der Waals surface area contributed by atoms with E-state index >= 15 is 0 Å². The second-order valence-corrected chi connectivity index (χ2v) is 5.11. The number of hydrogen-bond acceptors (Lipinski definition) is 2. The van der Waals surface area contributed by atoms with Crippen LogP contribution < -0.4 is 5.32 Å². The van der Waals surface area contributed by atoms with Crippen LogP contribution in [0.3, 0.4) is 0 Å². The summed E-state index contributed by atoms with van der Waals surface area (Å²) in [6.07, 6.45) is 5.14. The number of hydrogen-bond donors (Lipinski definition) is 1. The molecule has 1 aromatic heterocycles. The molecular weight excluding hydrogens is 210 g/mol. The third kappa shape index (κ3) is 3.56. The minimum Gasteiger partial charge on any atom is -0.334 e. The van der Waals surface area contributed by atoms with Crippen LogP contribution in [0.4, 0.5) is 0 Å². The van der Waals surface area contributed by atoms with Crippen molar-refractivity contribution in [2.45, 2.75) is 53.6 Å². The first-order valence-electron chi connectivity index (χ1n) is 6.86. The average Bonchev–Trinajstić information content (AvgIpc) is 2.77. The Balaban J connectivity index is 2.89. The molecule has 0 aliphatic carbocycles. The normalized spacial score (nSPS) is 15.2. The van der Waals surface area contributed by atoms with E-state index < -0.39 is 0 Å². The standard InChI is InChI=1S/C14H27N3/c1-6-8-15-13(12(5)11(3)4)14-16-9-10-17(14)7-2/h9-13,15H,6-8H2,1-5H3. The fraction of sp³-hybridized carbons (Fsp3) is 0.786. The Hall–Kier alpha value is -0.830. The number of nitrogens with zero attached hydrogens (tertiary/aromatic N) is 2. The summed E-state index contributed by atoms with van der Waals surface area (Å²) in [4.78, 5) is 4.54. The lowest BCUT2D eigenvalue weighted by molar-refractivity contribution is 0.287. The highest BCUT2D eigenvalue weighted by molar-refractivity contribution is 5.01. The van der Waals surface area contributed by atoms with E-state index in [2.05, 4.69) is 55.7 Å². The summed E-state index contributed by atoms with van der Waals surface area (Å²) in [5.74, 6) is 2.43. The lowest BCUT2D eigenvalue weighted by Gasteiger charge is -2.28. The lowest BCUT2D eigenvalue weighted by atomic mass is 9.89. The summed E-state index contributed by atoms with van der Waals surface area (Å²) in [6.45, 7) is 13.3. The van der Waals surface area contributed by atoms with E-state index in [-0.39, 0.29) is 0 Å². The van der Waals surface area contributed by atoms with E-state index in [0.29, 0.717) is 17.9 Å². The minimum absolute atomic E-state index is 0.366. The van der Waals surface area contributed by atoms with Gasteiger partial charge in [-0.05, 0) is 31.7 Å². The predicted octanol–water partition coefficient (Wildman–Crippen LogP) is 3.24. The molecule has 0 fully saturated rings. The molecule has 0 bridgehead atoms. The Morgan fingerprint density at radius 2 is 2.00 bits per heavy atom. The van der Waals surface area contributed by atoms with Crippen LogP contribution in [0.2, 0.25) is 0 Å². The Bertz CT molecular complexity index is 317. The Labute approximate surface area is 106 Å². The maximum atomic E-state index is 4.54. The van der Waals surface area contributed by atoms with Gasteiger partial charge in [0.1, 0.15) is 5.82 Å². The van der Waals surface area contributed by atoms with Crippen molar-refractivity contribution in [2.24, 2.45) is 11.8 Å². The molecule has 0 saturated heterocycles. The maximum Gasteiger partial charge on any atom is 0.126 e. The van der Waals surface area contributed by atoms with E-state index in [9.17, 15) is 0 Å². The molecule has 0 saturated carbocycles. The Kier molecular flexibility index (Phi) is 5.69. The van der Waals surface area contributed by atoms with Crippen LogP contribution >= 0.6 is 0 Å². The average molecular weight is 237 g/mol. The fourth-order valence-electron chi connectivity index (χ4n) is 2.06. The van der Waals surface area contributed by atoms with Crippen molar-refractivity contribution >= 4 is 0 Å². The van der Waals surface area contributed by atoms with Crippen LogP contribution in [0.5, 0.6) is 0 Å². The van der Waals surface area contributed by atoms with E-state index in [0.717, 1.165) is 19.5 Å². The number of aryl methyl sites for hydroxylation is 1. The first-order chi connectivity index (χ1) is 8.11. The fourth-order valence-corrected chi connectivity index (χ4v) is 2.06. The van der Waals surface area contributed by atoms with Gasteiger partial charge >= 0.3 is 0 Å². The van der Waals surface area contributed by atoms with E-state index in [4.69, 9.17) is 0 Å². The van der Waals surface area contributed by atoms with Crippen LogP contribution in [0.25, 0.3) is 0 Å². The van der Waals surface area contributed by atoms with Crippen LogP contribution in [-0.2, 0) is 6.54 Å². The number of imidazole rings is 1. The van der Waals surface area contributed by atoms with Crippen molar-refractivity contribution < 1.29 is 0 Å². The molecule has 0 aromatic carbocycles. The van der Waals surface area contributed by atoms with Gasteiger partial charge in [0, 0.05) is 18.9 Å². The number of rotatable bonds is 7. The molecule has 0 radical (unpaired) electrons. The molecule has 17 heavy (non-hydrogen) atoms. The van der Waals surface area contributed by atoms with Gasteiger partial charge in [0.05, 0.1) is 6.04 Å². The molecule has 2 unspecified atom stereocenters. The zero-order valence-electron chi connectivity index (χ0n) is 11.9. The van der Waals surface area contributed by atoms with Gasteiger partial charge in [-0.2, -0.15) is 0 Å². The molecule has 0 amide bonds. The van der Waals surface area contributed by atoms with Crippen LogP contribution in [0.1, 0.15) is 52.9 Å². The number of nitrogens with one attached hydrogen (secondary N) is 1. The highest BCUT2D eigenvalue weighted by atomic mass is 15.1. The summed E-state index contributed by atoms with van der Waals surface area (Å²) in [7, 11) is 0. The van der Waals surface area contributed by atoms with Gasteiger partial charge in [0.25, 0.3) is 0 Å². The number of aromatic nitrogens is 2. The highest BCUT2D eigenvalue weighted by Gasteiger charge is 2.24. The zero-order chi connectivity index (χ0) is 12.8. The molecule has 0 spiro atoms. The SMILES string of the molecule is CCCNC(c1nccn1CC)C(C)C(C)C. The molecule has 0 aliphatic heterocycles. The van der Waals surface area contributed by atoms with Gasteiger partial charge in [-0.25, -0.2) is 4.98 Å². The van der Waals surface area contributed by atoms with Gasteiger partial charge in [0.2, 0.25) is 0 Å². The first kappa shape index (κ1) is 14.2. The van der Waals surface area contributed by atoms with Crippen LogP contribution in [-0.4, -0.2) is 16.1 Å². The largest absolute Gasteiger partial charge is 0.334 e. The quantitative estimate of drug-likeness (QED) is 0.789. The summed E-state index contributed by atoms with van der Waals surface area (Å²) in [5, 5.41) is 3.64. The third-order valence-corrected chi connectivity index (χ3v) is 3.56. The molecule has 1 N–H and O–H groups in total.